The Bertz CT molecular complexity index is 1170. The van der Waals surface area contributed by atoms with Crippen molar-refractivity contribution in [2.45, 2.75) is 58.2 Å². The molecular formula is C25H31F4N3O4S. The Kier molecular flexibility index (Phi) is 9.38. The van der Waals surface area contributed by atoms with E-state index in [0.29, 0.717) is 17.0 Å². The van der Waals surface area contributed by atoms with E-state index in [1.54, 1.807) is 0 Å². The lowest BCUT2D eigenvalue weighted by Gasteiger charge is -2.26. The number of alkyl halides is 3. The molecule has 1 unspecified atom stereocenters. The molecule has 1 N–H and O–H groups in total. The number of hydrogen-bond donors (Lipinski definition) is 2. The fourth-order valence-electron chi connectivity index (χ4n) is 4.21. The highest BCUT2D eigenvalue weighted by atomic mass is 32.2. The number of amides is 1. The summed E-state index contributed by atoms with van der Waals surface area (Å²) in [5.74, 6) is -1.44. The van der Waals surface area contributed by atoms with Gasteiger partial charge in [-0.3, -0.25) is 9.10 Å². The average molecular weight is 546 g/mol. The summed E-state index contributed by atoms with van der Waals surface area (Å²) in [4.78, 5) is 16.4. The number of carbonyl (C=O) groups is 1. The van der Waals surface area contributed by atoms with Crippen LogP contribution in [0.15, 0.2) is 30.3 Å². The Balaban J connectivity index is 1.70. The highest BCUT2D eigenvalue weighted by molar-refractivity contribution is 7.74. The first kappa shape index (κ1) is 28.7. The number of halogens is 4. The van der Waals surface area contributed by atoms with Gasteiger partial charge in [-0.15, -0.1) is 0 Å². The predicted octanol–water partition coefficient (Wildman–Crippen LogP) is 4.83. The van der Waals surface area contributed by atoms with Gasteiger partial charge in [-0.1, -0.05) is 25.8 Å². The molecule has 0 spiro atoms. The van der Waals surface area contributed by atoms with Crippen LogP contribution in [0.25, 0.3) is 0 Å². The standard InChI is InChI=1S/C25H31F4N3O4S/c1-15-4-6-17(7-5-15)14-36-24-19(9-11-22(31-24)25(27,28)29)13-30-23(33)16(2)18-8-10-21(20(26)12-18)32(3)37(34)35/h8-12,15-17,37H,4-7,13-14H2,1-3H3,(H,30,33). The Morgan fingerprint density at radius 3 is 2.46 bits per heavy atom. The number of nitrogens with one attached hydrogen (secondary N) is 1. The molecule has 1 atom stereocenters. The number of aromatic nitrogens is 1. The monoisotopic (exact) mass is 545 g/mol. The van der Waals surface area contributed by atoms with Crippen molar-refractivity contribution in [2.75, 3.05) is 18.0 Å². The van der Waals surface area contributed by atoms with E-state index in [1.807, 2.05) is 0 Å². The van der Waals surface area contributed by atoms with Crippen molar-refractivity contribution in [3.05, 3.63) is 53.0 Å². The average Bonchev–Trinajstić information content (AvgIpc) is 2.85. The van der Waals surface area contributed by atoms with Gasteiger partial charge in [-0.25, -0.2) is 17.8 Å². The number of pyridine rings is 1. The highest BCUT2D eigenvalue weighted by Crippen LogP contribution is 2.32. The van der Waals surface area contributed by atoms with E-state index >= 15 is 0 Å². The summed E-state index contributed by atoms with van der Waals surface area (Å²) in [6.07, 6.45) is -0.700. The minimum absolute atomic E-state index is 0.134. The first-order valence-electron chi connectivity index (χ1n) is 12.0. The first-order valence-corrected chi connectivity index (χ1v) is 13.1. The molecule has 37 heavy (non-hydrogen) atoms. The molecule has 12 heteroatoms. The van der Waals surface area contributed by atoms with Crippen molar-refractivity contribution < 1.29 is 35.5 Å². The zero-order valence-corrected chi connectivity index (χ0v) is 21.7. The molecule has 7 nitrogen and oxygen atoms in total. The number of benzene rings is 1. The number of anilines is 1. The van der Waals surface area contributed by atoms with Crippen LogP contribution in [0.3, 0.4) is 0 Å². The van der Waals surface area contributed by atoms with Crippen molar-refractivity contribution in [1.29, 1.82) is 0 Å². The highest BCUT2D eigenvalue weighted by Gasteiger charge is 2.33. The first-order chi connectivity index (χ1) is 17.4. The Hall–Kier alpha value is -2.89. The van der Waals surface area contributed by atoms with E-state index < -0.39 is 40.4 Å². The van der Waals surface area contributed by atoms with Gasteiger partial charge in [0.05, 0.1) is 18.2 Å². The van der Waals surface area contributed by atoms with E-state index in [1.165, 1.54) is 32.2 Å². The fourth-order valence-corrected chi connectivity index (χ4v) is 4.55. The van der Waals surface area contributed by atoms with E-state index in [2.05, 4.69) is 17.2 Å². The molecule has 1 aromatic carbocycles. The third kappa shape index (κ3) is 7.56. The largest absolute Gasteiger partial charge is 0.477 e. The molecule has 1 amide bonds. The Morgan fingerprint density at radius 2 is 1.86 bits per heavy atom. The second-order valence-electron chi connectivity index (χ2n) is 9.51. The van der Waals surface area contributed by atoms with Crippen LogP contribution in [0.1, 0.15) is 62.3 Å². The summed E-state index contributed by atoms with van der Waals surface area (Å²) in [7, 11) is -1.82. The van der Waals surface area contributed by atoms with Crippen LogP contribution >= 0.6 is 0 Å². The zero-order valence-electron chi connectivity index (χ0n) is 20.8. The summed E-state index contributed by atoms with van der Waals surface area (Å²) in [6.45, 7) is 3.82. The van der Waals surface area contributed by atoms with Crippen LogP contribution in [0, 0.1) is 17.7 Å². The van der Waals surface area contributed by atoms with Crippen molar-refractivity contribution in [3.8, 4) is 5.88 Å². The molecular weight excluding hydrogens is 514 g/mol. The maximum absolute atomic E-state index is 14.4. The number of ether oxygens (including phenoxy) is 1. The molecule has 1 heterocycles. The van der Waals surface area contributed by atoms with E-state index in [0.717, 1.165) is 42.1 Å². The number of carbonyl (C=O) groups excluding carboxylic acids is 1. The number of rotatable bonds is 9. The molecule has 1 aliphatic carbocycles. The number of hydrogen-bond acceptors (Lipinski definition) is 5. The summed E-state index contributed by atoms with van der Waals surface area (Å²) < 4.78 is 82.9. The lowest BCUT2D eigenvalue weighted by molar-refractivity contribution is -0.141. The molecule has 0 aliphatic heterocycles. The second-order valence-corrected chi connectivity index (χ2v) is 10.6. The zero-order chi connectivity index (χ0) is 27.3. The van der Waals surface area contributed by atoms with Crippen molar-refractivity contribution in [1.82, 2.24) is 10.3 Å². The SMILES string of the molecule is CC1CCC(COc2nc(C(F)(F)F)ccc2CNC(=O)C(C)c2ccc(N(C)[SH](=O)=O)c(F)c2)CC1. The molecule has 1 aliphatic rings. The molecule has 3 rings (SSSR count). The lowest BCUT2D eigenvalue weighted by atomic mass is 9.83. The van der Waals surface area contributed by atoms with Gasteiger partial charge in [0.2, 0.25) is 22.7 Å². The van der Waals surface area contributed by atoms with Crippen molar-refractivity contribution in [2.24, 2.45) is 11.8 Å². The van der Waals surface area contributed by atoms with Gasteiger partial charge >= 0.3 is 6.18 Å². The lowest BCUT2D eigenvalue weighted by Crippen LogP contribution is -2.28. The van der Waals surface area contributed by atoms with E-state index in [-0.39, 0.29) is 30.6 Å². The van der Waals surface area contributed by atoms with Crippen molar-refractivity contribution in [3.63, 3.8) is 0 Å². The molecule has 0 saturated heterocycles. The molecule has 0 bridgehead atoms. The normalized spacial score (nSPS) is 18.9. The molecule has 1 saturated carbocycles. The number of nitrogens with zero attached hydrogens (tertiary/aromatic N) is 2. The fraction of sp³-hybridized carbons (Fsp3) is 0.520. The summed E-state index contributed by atoms with van der Waals surface area (Å²) in [6, 6.07) is 5.85. The van der Waals surface area contributed by atoms with E-state index in [4.69, 9.17) is 4.74 Å². The Morgan fingerprint density at radius 1 is 1.19 bits per heavy atom. The van der Waals surface area contributed by atoms with Gasteiger partial charge in [-0.2, -0.15) is 13.2 Å². The summed E-state index contributed by atoms with van der Waals surface area (Å²) >= 11 is 0. The molecule has 1 aromatic heterocycles. The summed E-state index contributed by atoms with van der Waals surface area (Å²) in [5, 5.41) is 2.64. The van der Waals surface area contributed by atoms with Gasteiger partial charge in [-0.05, 0) is 61.4 Å². The summed E-state index contributed by atoms with van der Waals surface area (Å²) in [5.41, 5.74) is -0.636. The minimum Gasteiger partial charge on any atom is -0.477 e. The molecule has 2 aromatic rings. The smallest absolute Gasteiger partial charge is 0.433 e. The van der Waals surface area contributed by atoms with Crippen LogP contribution in [-0.2, 0) is 28.4 Å². The maximum Gasteiger partial charge on any atom is 0.433 e. The van der Waals surface area contributed by atoms with Gasteiger partial charge in [0.1, 0.15) is 11.5 Å². The van der Waals surface area contributed by atoms with Crippen LogP contribution in [0.2, 0.25) is 0 Å². The molecule has 204 valence electrons. The van der Waals surface area contributed by atoms with Crippen LogP contribution in [-0.4, -0.2) is 33.0 Å². The maximum atomic E-state index is 14.4. The Labute approximate surface area is 215 Å². The van der Waals surface area contributed by atoms with Gasteiger partial charge in [0.25, 0.3) is 0 Å². The quantitative estimate of drug-likeness (QED) is 0.348. The third-order valence-corrected chi connectivity index (χ3v) is 7.44. The topological polar surface area (TPSA) is 88.6 Å². The molecule has 0 radical (unpaired) electrons. The molecule has 1 fully saturated rings. The third-order valence-electron chi connectivity index (χ3n) is 6.73. The van der Waals surface area contributed by atoms with Crippen LogP contribution in [0.4, 0.5) is 23.2 Å². The van der Waals surface area contributed by atoms with Crippen LogP contribution in [0.5, 0.6) is 5.88 Å². The number of thiol groups is 1. The second kappa shape index (κ2) is 12.1. The van der Waals surface area contributed by atoms with Crippen LogP contribution < -0.4 is 14.4 Å². The minimum atomic E-state index is -4.64. The predicted molar refractivity (Wildman–Crippen MR) is 131 cm³/mol. The van der Waals surface area contributed by atoms with E-state index in [9.17, 15) is 30.8 Å². The van der Waals surface area contributed by atoms with Crippen molar-refractivity contribution >= 4 is 22.5 Å². The van der Waals surface area contributed by atoms with Gasteiger partial charge in [0.15, 0.2) is 0 Å². The van der Waals surface area contributed by atoms with Gasteiger partial charge < -0.3 is 10.1 Å². The van der Waals surface area contributed by atoms with Gasteiger partial charge in [0, 0.05) is 19.2 Å².